The molecule has 3 unspecified atom stereocenters. The number of hydrogen-bond donors (Lipinski definition) is 2. The van der Waals surface area contributed by atoms with Crippen molar-refractivity contribution in [3.05, 3.63) is 0 Å². The number of hydrogen-bond acceptors (Lipinski definition) is 4. The average molecular weight is 362 g/mol. The molecule has 0 aromatic rings. The summed E-state index contributed by atoms with van der Waals surface area (Å²) in [6, 6.07) is 0.392. The number of nitrogens with two attached hydrogens (primary N) is 1. The fraction of sp³-hybridized carbons (Fsp3) is 0.944. The minimum atomic E-state index is -4.08. The lowest BCUT2D eigenvalue weighted by atomic mass is 9.70. The van der Waals surface area contributed by atoms with Gasteiger partial charge in [-0.2, -0.15) is 8.42 Å². The zero-order valence-electron chi connectivity index (χ0n) is 15.8. The van der Waals surface area contributed by atoms with Crippen LogP contribution >= 0.6 is 0 Å². The summed E-state index contributed by atoms with van der Waals surface area (Å²) in [7, 11) is -4.08. The molecule has 0 heterocycles. The third kappa shape index (κ3) is 5.02. The van der Waals surface area contributed by atoms with E-state index in [1.54, 1.807) is 0 Å². The van der Waals surface area contributed by atoms with E-state index in [4.69, 9.17) is 10.3 Å². The predicted molar refractivity (Wildman–Crippen MR) is 97.3 cm³/mol. The minimum absolute atomic E-state index is 0.0152. The molecule has 142 valence electrons. The van der Waals surface area contributed by atoms with Gasteiger partial charge in [-0.05, 0) is 43.4 Å². The first kappa shape index (κ1) is 21.6. The van der Waals surface area contributed by atoms with Crippen molar-refractivity contribution in [1.29, 1.82) is 0 Å². The highest BCUT2D eigenvalue weighted by Gasteiger charge is 2.65. The van der Waals surface area contributed by atoms with Crippen molar-refractivity contribution in [3.8, 4) is 0 Å². The van der Waals surface area contributed by atoms with Crippen LogP contribution in [0.5, 0.6) is 0 Å². The lowest BCUT2D eigenvalue weighted by Crippen LogP contribution is -2.42. The number of rotatable bonds is 6. The van der Waals surface area contributed by atoms with Crippen LogP contribution in [0.2, 0.25) is 0 Å². The molecule has 0 aromatic carbocycles. The molecular weight excluding hydrogens is 326 g/mol. The normalized spacial score (nSPS) is 29.5. The Morgan fingerprint density at radius 3 is 2.17 bits per heavy atom. The van der Waals surface area contributed by atoms with Crippen LogP contribution in [0, 0.1) is 22.7 Å². The first-order valence-corrected chi connectivity index (χ1v) is 10.7. The van der Waals surface area contributed by atoms with Crippen molar-refractivity contribution in [3.63, 3.8) is 0 Å². The lowest BCUT2D eigenvalue weighted by Gasteiger charge is -2.35. The van der Waals surface area contributed by atoms with E-state index in [0.717, 1.165) is 12.3 Å². The van der Waals surface area contributed by atoms with Gasteiger partial charge in [-0.15, -0.1) is 0 Å². The summed E-state index contributed by atoms with van der Waals surface area (Å²) >= 11 is 0. The van der Waals surface area contributed by atoms with Crippen LogP contribution in [0.25, 0.3) is 0 Å². The molecule has 3 atom stereocenters. The summed E-state index contributed by atoms with van der Waals surface area (Å²) in [4.78, 5) is 11.9. The molecule has 6 heteroatoms. The van der Waals surface area contributed by atoms with Gasteiger partial charge in [0, 0.05) is 12.5 Å². The average Bonchev–Trinajstić information content (AvgIpc) is 2.70. The van der Waals surface area contributed by atoms with Gasteiger partial charge in [0.2, 0.25) is 0 Å². The number of Topliss-reactive ketones (excluding diaryl/α,β-unsaturated/α-hetero) is 1. The van der Waals surface area contributed by atoms with Gasteiger partial charge in [0.25, 0.3) is 10.1 Å². The highest BCUT2D eigenvalue weighted by atomic mass is 32.2. The minimum Gasteiger partial charge on any atom is -0.328 e. The molecule has 2 saturated carbocycles. The summed E-state index contributed by atoms with van der Waals surface area (Å²) in [5, 5.41) is 0. The molecule has 0 aliphatic heterocycles. The molecule has 2 aliphatic rings. The van der Waals surface area contributed by atoms with E-state index >= 15 is 0 Å². The Labute approximate surface area is 147 Å². The predicted octanol–water partition coefficient (Wildman–Crippen LogP) is 3.43. The van der Waals surface area contributed by atoms with E-state index in [1.165, 1.54) is 19.3 Å². The molecule has 0 radical (unpaired) electrons. The Hall–Kier alpha value is -0.460. The molecule has 2 bridgehead atoms. The van der Waals surface area contributed by atoms with Gasteiger partial charge < -0.3 is 5.73 Å². The van der Waals surface area contributed by atoms with E-state index in [9.17, 15) is 13.2 Å². The van der Waals surface area contributed by atoms with Crippen molar-refractivity contribution in [1.82, 2.24) is 0 Å². The Kier molecular flexibility index (Phi) is 7.04. The standard InChI is InChI=1S/C10H16O4S.C8H19N/c1-9(2)7-3-4-10(9,8(11)5-7)6-15(12,13)14;1-7(2)5-4-6-8(3)9/h7H,3-6H2,1-2H3,(H,12,13,14);7-8H,4-6,9H2,1-3H3. The highest BCUT2D eigenvalue weighted by molar-refractivity contribution is 7.85. The largest absolute Gasteiger partial charge is 0.328 e. The maximum atomic E-state index is 11.9. The van der Waals surface area contributed by atoms with Crippen LogP contribution in [0.3, 0.4) is 0 Å². The van der Waals surface area contributed by atoms with Gasteiger partial charge >= 0.3 is 0 Å². The summed E-state index contributed by atoms with van der Waals surface area (Å²) in [5.74, 6) is 0.736. The van der Waals surface area contributed by atoms with E-state index in [0.29, 0.717) is 18.9 Å². The second kappa shape index (κ2) is 7.83. The van der Waals surface area contributed by atoms with Crippen molar-refractivity contribution >= 4 is 15.9 Å². The van der Waals surface area contributed by atoms with Crippen LogP contribution < -0.4 is 5.73 Å². The van der Waals surface area contributed by atoms with Crippen LogP contribution in [0.4, 0.5) is 0 Å². The number of carbonyl (C=O) groups is 1. The Morgan fingerprint density at radius 2 is 1.83 bits per heavy atom. The quantitative estimate of drug-likeness (QED) is 0.706. The Bertz CT molecular complexity index is 531. The second-order valence-corrected chi connectivity index (χ2v) is 10.1. The molecule has 2 fully saturated rings. The van der Waals surface area contributed by atoms with Gasteiger partial charge in [0.05, 0.1) is 11.2 Å². The fourth-order valence-electron chi connectivity index (χ4n) is 4.27. The molecule has 5 nitrogen and oxygen atoms in total. The number of carbonyl (C=O) groups excluding carboxylic acids is 1. The SMILES string of the molecule is CC(C)CCCC(C)N.CC1(C)C2CCC1(CS(=O)(=O)O)C(=O)C2. The maximum absolute atomic E-state index is 11.9. The third-order valence-electron chi connectivity index (χ3n) is 6.01. The topological polar surface area (TPSA) is 97.5 Å². The molecule has 2 aliphatic carbocycles. The van der Waals surface area contributed by atoms with Crippen LogP contribution in [0.15, 0.2) is 0 Å². The van der Waals surface area contributed by atoms with Gasteiger partial charge in [0.15, 0.2) is 0 Å². The molecule has 24 heavy (non-hydrogen) atoms. The third-order valence-corrected chi connectivity index (χ3v) is 6.87. The smallest absolute Gasteiger partial charge is 0.265 e. The second-order valence-electron chi connectivity index (χ2n) is 8.69. The van der Waals surface area contributed by atoms with Gasteiger partial charge in [-0.3, -0.25) is 9.35 Å². The maximum Gasteiger partial charge on any atom is 0.265 e. The fourth-order valence-corrected chi connectivity index (χ4v) is 5.57. The van der Waals surface area contributed by atoms with Crippen molar-refractivity contribution in [2.45, 2.75) is 79.2 Å². The van der Waals surface area contributed by atoms with Crippen LogP contribution in [-0.4, -0.2) is 30.5 Å². The molecular formula is C18H35NO4S. The highest BCUT2D eigenvalue weighted by Crippen LogP contribution is 2.64. The van der Waals surface area contributed by atoms with Crippen LogP contribution in [-0.2, 0) is 14.9 Å². The molecule has 0 aromatic heterocycles. The first-order chi connectivity index (χ1) is 10.8. The summed E-state index contributed by atoms with van der Waals surface area (Å²) in [6.07, 6.45) is 5.76. The molecule has 3 N–H and O–H groups in total. The van der Waals surface area contributed by atoms with Crippen molar-refractivity contribution < 1.29 is 17.8 Å². The molecule has 2 rings (SSSR count). The van der Waals surface area contributed by atoms with Gasteiger partial charge in [0.1, 0.15) is 5.78 Å². The molecule has 0 amide bonds. The molecule has 0 saturated heterocycles. The van der Waals surface area contributed by atoms with Crippen molar-refractivity contribution in [2.75, 3.05) is 5.75 Å². The van der Waals surface area contributed by atoms with Crippen LogP contribution in [0.1, 0.15) is 73.1 Å². The Morgan fingerprint density at radius 1 is 1.25 bits per heavy atom. The van der Waals surface area contributed by atoms with E-state index < -0.39 is 21.3 Å². The number of ketones is 1. The zero-order chi connectivity index (χ0) is 18.8. The lowest BCUT2D eigenvalue weighted by molar-refractivity contribution is -0.128. The van der Waals surface area contributed by atoms with E-state index in [-0.39, 0.29) is 17.1 Å². The molecule has 0 spiro atoms. The monoisotopic (exact) mass is 361 g/mol. The van der Waals surface area contributed by atoms with E-state index in [2.05, 4.69) is 20.8 Å². The van der Waals surface area contributed by atoms with Gasteiger partial charge in [-0.25, -0.2) is 0 Å². The van der Waals surface area contributed by atoms with Gasteiger partial charge in [-0.1, -0.05) is 40.5 Å². The summed E-state index contributed by atoms with van der Waals surface area (Å²) in [6.45, 7) is 10.5. The summed E-state index contributed by atoms with van der Waals surface area (Å²) in [5.41, 5.74) is 4.46. The summed E-state index contributed by atoms with van der Waals surface area (Å²) < 4.78 is 31.0. The first-order valence-electron chi connectivity index (χ1n) is 9.06. The van der Waals surface area contributed by atoms with Crippen molar-refractivity contribution in [2.24, 2.45) is 28.4 Å². The van der Waals surface area contributed by atoms with E-state index in [1.807, 2.05) is 13.8 Å². The number of fused-ring (bicyclic) bond motifs is 2. The Balaban J connectivity index is 0.000000277. The zero-order valence-corrected chi connectivity index (χ0v) is 16.7.